The summed E-state index contributed by atoms with van der Waals surface area (Å²) in [7, 11) is -4.71. The lowest BCUT2D eigenvalue weighted by molar-refractivity contribution is -0.124. The minimum absolute atomic E-state index is 0.0128. The van der Waals surface area contributed by atoms with Gasteiger partial charge in [-0.05, 0) is 71.7 Å². The highest BCUT2D eigenvalue weighted by molar-refractivity contribution is 14.1. The molecule has 0 aliphatic rings. The zero-order chi connectivity index (χ0) is 38.6. The normalized spacial score (nSPS) is 12.1. The summed E-state index contributed by atoms with van der Waals surface area (Å²) in [6.07, 6.45) is 20.7. The van der Waals surface area contributed by atoms with Crippen molar-refractivity contribution in [2.75, 3.05) is 19.8 Å². The number of rotatable bonds is 32. The van der Waals surface area contributed by atoms with Gasteiger partial charge in [-0.15, -0.1) is 0 Å². The SMILES string of the molecule is CCCCCCCCCCCCCC(=O)NC[C@H](COP(=O)(O)O)NC(=O)CCCCCCCCCOCc1ccc(C(=O)c2ccc(I)cc2)cc1. The highest BCUT2D eigenvalue weighted by Crippen LogP contribution is 2.35. The fourth-order valence-electron chi connectivity index (χ4n) is 6.00. The van der Waals surface area contributed by atoms with Gasteiger partial charge in [-0.25, -0.2) is 4.57 Å². The third-order valence-electron chi connectivity index (χ3n) is 9.15. The van der Waals surface area contributed by atoms with Gasteiger partial charge in [0.05, 0.1) is 19.3 Å². The maximum Gasteiger partial charge on any atom is 0.469 e. The third-order valence-corrected chi connectivity index (χ3v) is 10.4. The number of halogens is 1. The van der Waals surface area contributed by atoms with Crippen LogP contribution >= 0.6 is 30.4 Å². The summed E-state index contributed by atoms with van der Waals surface area (Å²) in [5.41, 5.74) is 2.38. The average molecular weight is 871 g/mol. The van der Waals surface area contributed by atoms with Crippen molar-refractivity contribution in [3.8, 4) is 0 Å². The van der Waals surface area contributed by atoms with Gasteiger partial charge in [0, 0.05) is 40.7 Å². The smallest absolute Gasteiger partial charge is 0.377 e. The predicted octanol–water partition coefficient (Wildman–Crippen LogP) is 9.57. The highest BCUT2D eigenvalue weighted by Gasteiger charge is 2.20. The van der Waals surface area contributed by atoms with E-state index >= 15 is 0 Å². The molecule has 12 heteroatoms. The van der Waals surface area contributed by atoms with Crippen LogP contribution in [0.25, 0.3) is 0 Å². The van der Waals surface area contributed by atoms with Crippen LogP contribution < -0.4 is 10.6 Å². The zero-order valence-corrected chi connectivity index (χ0v) is 34.9. The lowest BCUT2D eigenvalue weighted by Gasteiger charge is -2.20. The molecule has 0 radical (unpaired) electrons. The van der Waals surface area contributed by atoms with Gasteiger partial charge in [-0.1, -0.05) is 128 Å². The van der Waals surface area contributed by atoms with E-state index in [2.05, 4.69) is 44.7 Å². The zero-order valence-electron chi connectivity index (χ0n) is 31.8. The minimum atomic E-state index is -4.71. The van der Waals surface area contributed by atoms with Crippen molar-refractivity contribution < 1.29 is 38.0 Å². The molecule has 0 aromatic heterocycles. The number of phosphoric ester groups is 1. The number of nitrogens with one attached hydrogen (secondary N) is 2. The Balaban J connectivity index is 1.50. The van der Waals surface area contributed by atoms with Gasteiger partial charge >= 0.3 is 7.82 Å². The van der Waals surface area contributed by atoms with Gasteiger partial charge < -0.3 is 25.2 Å². The van der Waals surface area contributed by atoms with E-state index in [9.17, 15) is 18.9 Å². The van der Waals surface area contributed by atoms with Crippen LogP contribution in [0.2, 0.25) is 0 Å². The van der Waals surface area contributed by atoms with Crippen LogP contribution in [0.5, 0.6) is 0 Å². The number of amides is 2. The van der Waals surface area contributed by atoms with E-state index < -0.39 is 13.9 Å². The molecule has 1 atom stereocenters. The van der Waals surface area contributed by atoms with Crippen molar-refractivity contribution in [1.82, 2.24) is 10.6 Å². The fourth-order valence-corrected chi connectivity index (χ4v) is 6.73. The number of unbranched alkanes of at least 4 members (excludes halogenated alkanes) is 16. The number of carbonyl (C=O) groups excluding carboxylic acids is 3. The molecule has 2 amide bonds. The number of hydrogen-bond acceptors (Lipinski definition) is 6. The molecule has 53 heavy (non-hydrogen) atoms. The molecule has 2 rings (SSSR count). The number of hydrogen-bond donors (Lipinski definition) is 4. The second-order valence-electron chi connectivity index (χ2n) is 14.0. The summed E-state index contributed by atoms with van der Waals surface area (Å²) in [6, 6.07) is 14.4. The first-order chi connectivity index (χ1) is 25.6. The summed E-state index contributed by atoms with van der Waals surface area (Å²) < 4.78 is 22.8. The Labute approximate surface area is 331 Å². The number of benzene rings is 2. The second-order valence-corrected chi connectivity index (χ2v) is 16.4. The van der Waals surface area contributed by atoms with Gasteiger partial charge in [0.15, 0.2) is 5.78 Å². The molecule has 4 N–H and O–H groups in total. The largest absolute Gasteiger partial charge is 0.469 e. The monoisotopic (exact) mass is 870 g/mol. The molecule has 0 heterocycles. The van der Waals surface area contributed by atoms with E-state index in [-0.39, 0.29) is 30.7 Å². The average Bonchev–Trinajstić information content (AvgIpc) is 3.13. The number of ketones is 1. The van der Waals surface area contributed by atoms with E-state index in [1.165, 1.54) is 51.4 Å². The molecule has 2 aromatic carbocycles. The number of phosphoric acid groups is 1. The van der Waals surface area contributed by atoms with Crippen molar-refractivity contribution in [2.45, 2.75) is 148 Å². The van der Waals surface area contributed by atoms with Gasteiger partial charge in [-0.2, -0.15) is 0 Å². The molecule has 0 aliphatic carbocycles. The first kappa shape index (κ1) is 47.0. The Morgan fingerprint density at radius 2 is 1.15 bits per heavy atom. The minimum Gasteiger partial charge on any atom is -0.377 e. The molecule has 0 saturated carbocycles. The molecule has 0 bridgehead atoms. The molecule has 0 saturated heterocycles. The van der Waals surface area contributed by atoms with E-state index in [4.69, 9.17) is 14.5 Å². The molecular formula is C41H64IN2O8P. The molecule has 10 nitrogen and oxygen atoms in total. The Morgan fingerprint density at radius 3 is 1.68 bits per heavy atom. The van der Waals surface area contributed by atoms with E-state index in [0.29, 0.717) is 43.6 Å². The second kappa shape index (κ2) is 29.2. The van der Waals surface area contributed by atoms with Crippen LogP contribution in [0.15, 0.2) is 48.5 Å². The first-order valence-corrected chi connectivity index (χ1v) is 22.4. The summed E-state index contributed by atoms with van der Waals surface area (Å²) in [4.78, 5) is 55.8. The van der Waals surface area contributed by atoms with Crippen molar-refractivity contribution in [1.29, 1.82) is 0 Å². The Kier molecular flexibility index (Phi) is 25.9. The quantitative estimate of drug-likeness (QED) is 0.0246. The van der Waals surface area contributed by atoms with E-state index in [0.717, 1.165) is 66.9 Å². The summed E-state index contributed by atoms with van der Waals surface area (Å²) >= 11 is 2.22. The molecule has 0 aliphatic heterocycles. The molecule has 0 fully saturated rings. The summed E-state index contributed by atoms with van der Waals surface area (Å²) in [5.74, 6) is -0.354. The number of carbonyl (C=O) groups is 3. The van der Waals surface area contributed by atoms with Crippen LogP contribution in [-0.4, -0.2) is 53.2 Å². The van der Waals surface area contributed by atoms with Crippen LogP contribution in [0, 0.1) is 3.57 Å². The van der Waals surface area contributed by atoms with Crippen LogP contribution in [0.4, 0.5) is 0 Å². The van der Waals surface area contributed by atoms with Crippen molar-refractivity contribution in [3.05, 3.63) is 68.8 Å². The molecule has 0 unspecified atom stereocenters. The van der Waals surface area contributed by atoms with Crippen LogP contribution in [-0.2, 0) is 30.0 Å². The molecule has 298 valence electrons. The van der Waals surface area contributed by atoms with Gasteiger partial charge in [0.2, 0.25) is 11.8 Å². The third kappa shape index (κ3) is 24.8. The Bertz CT molecular complexity index is 1340. The highest BCUT2D eigenvalue weighted by atomic mass is 127. The summed E-state index contributed by atoms with van der Waals surface area (Å²) in [6.45, 7) is 3.08. The van der Waals surface area contributed by atoms with E-state index in [1.807, 2.05) is 48.5 Å². The van der Waals surface area contributed by atoms with E-state index in [1.54, 1.807) is 0 Å². The lowest BCUT2D eigenvalue weighted by Crippen LogP contribution is -2.46. The summed E-state index contributed by atoms with van der Waals surface area (Å²) in [5, 5.41) is 5.55. The predicted molar refractivity (Wildman–Crippen MR) is 220 cm³/mol. The fraction of sp³-hybridized carbons (Fsp3) is 0.634. The van der Waals surface area contributed by atoms with Gasteiger partial charge in [0.1, 0.15) is 0 Å². The standard InChI is InChI=1S/C41H64IN2O8P/c1-2-3-4-5-6-7-8-9-11-14-17-20-39(45)43-31-38(33-52-53(48,49)50)44-40(46)21-18-15-12-10-13-16-19-30-51-32-34-22-24-35(25-23-34)41(47)36-26-28-37(42)29-27-36/h22-29,38H,2-21,30-33H2,1H3,(H,43,45)(H,44,46)(H2,48,49,50)/t38-/m1/s1. The maximum atomic E-state index is 12.7. The Morgan fingerprint density at radius 1 is 0.679 bits per heavy atom. The van der Waals surface area contributed by atoms with Crippen LogP contribution in [0.3, 0.4) is 0 Å². The number of ether oxygens (including phenoxy) is 1. The molecular weight excluding hydrogens is 806 g/mol. The van der Waals surface area contributed by atoms with Gasteiger partial charge in [0.25, 0.3) is 0 Å². The van der Waals surface area contributed by atoms with Crippen molar-refractivity contribution in [2.24, 2.45) is 0 Å². The maximum absolute atomic E-state index is 12.7. The first-order valence-electron chi connectivity index (χ1n) is 19.8. The topological polar surface area (TPSA) is 151 Å². The lowest BCUT2D eigenvalue weighted by atomic mass is 10.0. The van der Waals surface area contributed by atoms with Gasteiger partial charge in [-0.3, -0.25) is 18.9 Å². The van der Waals surface area contributed by atoms with Crippen molar-refractivity contribution >= 4 is 48.0 Å². The molecule has 0 spiro atoms. The van der Waals surface area contributed by atoms with Crippen LogP contribution in [0.1, 0.15) is 157 Å². The molecule has 2 aromatic rings. The van der Waals surface area contributed by atoms with Crippen molar-refractivity contribution in [3.63, 3.8) is 0 Å². The Hall–Kier alpha value is -2.15.